The molecule has 1 heterocycles. The van der Waals surface area contributed by atoms with Gasteiger partial charge in [-0.05, 0) is 24.1 Å². The standard InChI is InChI=1S/C13H18F2N2.2ClH/c1-2-13(17-7-5-16-6-8-17)10-3-4-11(14)12(15)9-10;;/h3-4,9,13,16H,2,5-8H2,1H3;2*1H/t13-;;/m0../s1. The zero-order valence-electron chi connectivity index (χ0n) is 10.9. The maximum atomic E-state index is 13.2. The third-order valence-corrected chi connectivity index (χ3v) is 3.31. The lowest BCUT2D eigenvalue weighted by Crippen LogP contribution is -2.45. The number of hydrogen-bond acceptors (Lipinski definition) is 2. The van der Waals surface area contributed by atoms with Gasteiger partial charge in [-0.25, -0.2) is 8.78 Å². The molecule has 2 nitrogen and oxygen atoms in total. The van der Waals surface area contributed by atoms with Crippen LogP contribution in [-0.4, -0.2) is 31.1 Å². The van der Waals surface area contributed by atoms with Crippen molar-refractivity contribution in [2.24, 2.45) is 0 Å². The molecule has 1 aliphatic rings. The van der Waals surface area contributed by atoms with Gasteiger partial charge in [0.15, 0.2) is 11.6 Å². The minimum Gasteiger partial charge on any atom is -0.314 e. The molecular weight excluding hydrogens is 293 g/mol. The quantitative estimate of drug-likeness (QED) is 0.922. The Kier molecular flexibility index (Phi) is 8.50. The number of hydrogen-bond donors (Lipinski definition) is 1. The van der Waals surface area contributed by atoms with Crippen LogP contribution in [0.15, 0.2) is 18.2 Å². The summed E-state index contributed by atoms with van der Waals surface area (Å²) in [5, 5.41) is 3.29. The average molecular weight is 313 g/mol. The van der Waals surface area contributed by atoms with Gasteiger partial charge < -0.3 is 5.32 Å². The van der Waals surface area contributed by atoms with E-state index < -0.39 is 11.6 Å². The zero-order valence-corrected chi connectivity index (χ0v) is 12.5. The van der Waals surface area contributed by atoms with Crippen LogP contribution in [0.5, 0.6) is 0 Å². The van der Waals surface area contributed by atoms with E-state index in [1.54, 1.807) is 6.07 Å². The van der Waals surface area contributed by atoms with Gasteiger partial charge in [0.05, 0.1) is 0 Å². The summed E-state index contributed by atoms with van der Waals surface area (Å²) in [7, 11) is 0. The normalized spacial score (nSPS) is 17.2. The Labute approximate surface area is 125 Å². The molecule has 0 radical (unpaired) electrons. The first-order valence-electron chi connectivity index (χ1n) is 6.12. The Morgan fingerprint density at radius 2 is 1.79 bits per heavy atom. The van der Waals surface area contributed by atoms with Gasteiger partial charge in [0.25, 0.3) is 0 Å². The fourth-order valence-corrected chi connectivity index (χ4v) is 2.42. The molecule has 19 heavy (non-hydrogen) atoms. The van der Waals surface area contributed by atoms with Crippen LogP contribution in [0.1, 0.15) is 24.9 Å². The molecule has 1 saturated heterocycles. The molecule has 0 unspecified atom stereocenters. The van der Waals surface area contributed by atoms with E-state index in [1.807, 2.05) is 0 Å². The first-order chi connectivity index (χ1) is 8.22. The minimum atomic E-state index is -0.774. The Hall–Kier alpha value is -0.420. The molecule has 1 aliphatic heterocycles. The van der Waals surface area contributed by atoms with Crippen molar-refractivity contribution in [2.45, 2.75) is 19.4 Å². The van der Waals surface area contributed by atoms with Crippen LogP contribution in [0.3, 0.4) is 0 Å². The maximum absolute atomic E-state index is 13.2. The fraction of sp³-hybridized carbons (Fsp3) is 0.538. The van der Waals surface area contributed by atoms with Gasteiger partial charge in [-0.15, -0.1) is 24.8 Å². The first kappa shape index (κ1) is 18.6. The third kappa shape index (κ3) is 4.56. The minimum absolute atomic E-state index is 0. The molecule has 0 bridgehead atoms. The highest BCUT2D eigenvalue weighted by molar-refractivity contribution is 5.85. The van der Waals surface area contributed by atoms with Crippen molar-refractivity contribution in [3.8, 4) is 0 Å². The van der Waals surface area contributed by atoms with Crippen molar-refractivity contribution >= 4 is 24.8 Å². The van der Waals surface area contributed by atoms with E-state index >= 15 is 0 Å². The summed E-state index contributed by atoms with van der Waals surface area (Å²) < 4.78 is 26.1. The zero-order chi connectivity index (χ0) is 12.3. The fourth-order valence-electron chi connectivity index (χ4n) is 2.42. The monoisotopic (exact) mass is 312 g/mol. The number of rotatable bonds is 3. The lowest BCUT2D eigenvalue weighted by atomic mass is 10.0. The Balaban J connectivity index is 0.00000162. The van der Waals surface area contributed by atoms with Gasteiger partial charge in [0, 0.05) is 32.2 Å². The lowest BCUT2D eigenvalue weighted by molar-refractivity contribution is 0.169. The summed E-state index contributed by atoms with van der Waals surface area (Å²) in [6, 6.07) is 4.42. The predicted molar refractivity (Wildman–Crippen MR) is 78.3 cm³/mol. The number of piperazine rings is 1. The average Bonchev–Trinajstić information content (AvgIpc) is 2.36. The molecule has 1 N–H and O–H groups in total. The Morgan fingerprint density at radius 1 is 1.16 bits per heavy atom. The molecule has 2 rings (SSSR count). The van der Waals surface area contributed by atoms with Gasteiger partial charge in [-0.3, -0.25) is 4.90 Å². The second kappa shape index (κ2) is 8.69. The summed E-state index contributed by atoms with van der Waals surface area (Å²) in [5.41, 5.74) is 0.869. The maximum Gasteiger partial charge on any atom is 0.159 e. The van der Waals surface area contributed by atoms with Crippen molar-refractivity contribution < 1.29 is 8.78 Å². The van der Waals surface area contributed by atoms with E-state index in [2.05, 4.69) is 17.1 Å². The third-order valence-electron chi connectivity index (χ3n) is 3.31. The van der Waals surface area contributed by atoms with Crippen molar-refractivity contribution in [2.75, 3.05) is 26.2 Å². The van der Waals surface area contributed by atoms with Crippen LogP contribution in [0.4, 0.5) is 8.78 Å². The lowest BCUT2D eigenvalue weighted by Gasteiger charge is -2.34. The second-order valence-electron chi connectivity index (χ2n) is 4.38. The Bertz CT molecular complexity index is 385. The summed E-state index contributed by atoms with van der Waals surface area (Å²) in [6.07, 6.45) is 0.908. The van der Waals surface area contributed by atoms with Gasteiger partial charge >= 0.3 is 0 Å². The highest BCUT2D eigenvalue weighted by atomic mass is 35.5. The molecular formula is C13H20Cl2F2N2. The molecule has 6 heteroatoms. The van der Waals surface area contributed by atoms with Gasteiger partial charge in [0.2, 0.25) is 0 Å². The topological polar surface area (TPSA) is 15.3 Å². The molecule has 1 atom stereocenters. The molecule has 0 aliphatic carbocycles. The highest BCUT2D eigenvalue weighted by Gasteiger charge is 2.21. The first-order valence-corrected chi connectivity index (χ1v) is 6.12. The Morgan fingerprint density at radius 3 is 2.32 bits per heavy atom. The van der Waals surface area contributed by atoms with E-state index in [9.17, 15) is 8.78 Å². The summed E-state index contributed by atoms with van der Waals surface area (Å²) in [4.78, 5) is 2.32. The number of nitrogens with one attached hydrogen (secondary N) is 1. The van der Waals surface area contributed by atoms with Gasteiger partial charge in [0.1, 0.15) is 0 Å². The van der Waals surface area contributed by atoms with E-state index in [4.69, 9.17) is 0 Å². The summed E-state index contributed by atoms with van der Waals surface area (Å²) in [5.74, 6) is -1.53. The molecule has 0 aromatic heterocycles. The smallest absolute Gasteiger partial charge is 0.159 e. The molecule has 1 aromatic rings. The van der Waals surface area contributed by atoms with Crippen LogP contribution in [0, 0.1) is 11.6 Å². The van der Waals surface area contributed by atoms with Crippen molar-refractivity contribution in [3.63, 3.8) is 0 Å². The van der Waals surface area contributed by atoms with Crippen LogP contribution >= 0.6 is 24.8 Å². The number of halogens is 4. The summed E-state index contributed by atoms with van der Waals surface area (Å²) in [6.45, 7) is 5.91. The van der Waals surface area contributed by atoms with Crippen molar-refractivity contribution in [1.29, 1.82) is 0 Å². The second-order valence-corrected chi connectivity index (χ2v) is 4.38. The molecule has 0 spiro atoms. The molecule has 110 valence electrons. The molecule has 0 amide bonds. The van der Waals surface area contributed by atoms with Crippen LogP contribution in [0.2, 0.25) is 0 Å². The molecule has 1 aromatic carbocycles. The largest absolute Gasteiger partial charge is 0.314 e. The van der Waals surface area contributed by atoms with E-state index in [0.717, 1.165) is 38.2 Å². The van der Waals surface area contributed by atoms with Crippen LogP contribution in [0.25, 0.3) is 0 Å². The highest BCUT2D eigenvalue weighted by Crippen LogP contribution is 2.25. The van der Waals surface area contributed by atoms with Crippen LogP contribution in [-0.2, 0) is 0 Å². The predicted octanol–water partition coefficient (Wildman–Crippen LogP) is 3.16. The summed E-state index contributed by atoms with van der Waals surface area (Å²) >= 11 is 0. The van der Waals surface area contributed by atoms with E-state index in [1.165, 1.54) is 12.1 Å². The van der Waals surface area contributed by atoms with Crippen molar-refractivity contribution in [1.82, 2.24) is 10.2 Å². The van der Waals surface area contributed by atoms with Gasteiger partial charge in [-0.2, -0.15) is 0 Å². The van der Waals surface area contributed by atoms with E-state index in [-0.39, 0.29) is 30.9 Å². The van der Waals surface area contributed by atoms with Crippen molar-refractivity contribution in [3.05, 3.63) is 35.4 Å². The van der Waals surface area contributed by atoms with Crippen LogP contribution < -0.4 is 5.32 Å². The number of benzene rings is 1. The SMILES string of the molecule is CC[C@@H](c1ccc(F)c(F)c1)N1CCNCC1.Cl.Cl. The molecule has 1 fully saturated rings. The van der Waals surface area contributed by atoms with E-state index in [0.29, 0.717) is 0 Å². The number of nitrogens with zero attached hydrogens (tertiary/aromatic N) is 1. The molecule has 0 saturated carbocycles. The van der Waals surface area contributed by atoms with Gasteiger partial charge in [-0.1, -0.05) is 13.0 Å².